The summed E-state index contributed by atoms with van der Waals surface area (Å²) >= 11 is 0. The number of aliphatic carboxylic acids is 1. The van der Waals surface area contributed by atoms with Gasteiger partial charge in [0.15, 0.2) is 0 Å². The predicted octanol–water partition coefficient (Wildman–Crippen LogP) is 2.71. The van der Waals surface area contributed by atoms with Crippen LogP contribution in [0, 0.1) is 11.8 Å². The molecule has 0 unspecified atom stereocenters. The van der Waals surface area contributed by atoms with Crippen LogP contribution in [0.2, 0.25) is 0 Å². The second-order valence-electron chi connectivity index (χ2n) is 5.71. The van der Waals surface area contributed by atoms with Crippen LogP contribution in [-0.2, 0) is 9.59 Å². The number of aromatic nitrogens is 2. The van der Waals surface area contributed by atoms with E-state index in [-0.39, 0.29) is 11.8 Å². The number of carbonyl (C=O) groups excluding carboxylic acids is 1. The fraction of sp³-hybridized carbons (Fsp3) is 0.294. The maximum atomic E-state index is 12.3. The summed E-state index contributed by atoms with van der Waals surface area (Å²) in [6, 6.07) is 6.96. The fourth-order valence-electron chi connectivity index (χ4n) is 2.78. The molecule has 2 aromatic rings. The van der Waals surface area contributed by atoms with Gasteiger partial charge in [0.25, 0.3) is 0 Å². The molecule has 1 heterocycles. The monoisotopic (exact) mass is 327 g/mol. The van der Waals surface area contributed by atoms with Crippen molar-refractivity contribution in [3.8, 4) is 11.6 Å². The molecule has 24 heavy (non-hydrogen) atoms. The number of hydrogen-bond donors (Lipinski definition) is 2. The molecule has 7 heteroatoms. The van der Waals surface area contributed by atoms with Gasteiger partial charge in [-0.25, -0.2) is 4.98 Å². The summed E-state index contributed by atoms with van der Waals surface area (Å²) in [5.41, 5.74) is 0.597. The zero-order valence-electron chi connectivity index (χ0n) is 12.9. The predicted molar refractivity (Wildman–Crippen MR) is 85.6 cm³/mol. The van der Waals surface area contributed by atoms with E-state index in [0.717, 1.165) is 0 Å². The van der Waals surface area contributed by atoms with E-state index in [1.165, 1.54) is 12.4 Å². The number of carbonyl (C=O) groups is 2. The summed E-state index contributed by atoms with van der Waals surface area (Å²) in [7, 11) is 0. The van der Waals surface area contributed by atoms with Crippen molar-refractivity contribution in [2.24, 2.45) is 11.8 Å². The molecule has 1 fully saturated rings. The van der Waals surface area contributed by atoms with Crippen LogP contribution in [0.25, 0.3) is 0 Å². The molecule has 1 aromatic heterocycles. The Morgan fingerprint density at radius 2 is 2.04 bits per heavy atom. The summed E-state index contributed by atoms with van der Waals surface area (Å²) in [4.78, 5) is 31.2. The molecule has 1 aromatic carbocycles. The molecule has 1 saturated carbocycles. The number of nitrogens with zero attached hydrogens (tertiary/aromatic N) is 2. The molecule has 1 amide bonds. The first kappa shape index (κ1) is 15.9. The molecule has 0 saturated heterocycles. The summed E-state index contributed by atoms with van der Waals surface area (Å²) in [6.07, 6.45) is 6.10. The number of amides is 1. The van der Waals surface area contributed by atoms with Crippen LogP contribution in [-0.4, -0.2) is 27.0 Å². The smallest absolute Gasteiger partial charge is 0.306 e. The Hall–Kier alpha value is -2.96. The summed E-state index contributed by atoms with van der Waals surface area (Å²) in [5, 5.41) is 11.8. The van der Waals surface area contributed by atoms with Crippen molar-refractivity contribution in [2.45, 2.75) is 19.3 Å². The second kappa shape index (κ2) is 7.08. The van der Waals surface area contributed by atoms with Gasteiger partial charge in [-0.05, 0) is 31.4 Å². The molecule has 2 atom stereocenters. The lowest BCUT2D eigenvalue weighted by Crippen LogP contribution is -2.21. The molecule has 1 aliphatic rings. The largest absolute Gasteiger partial charge is 0.481 e. The van der Waals surface area contributed by atoms with Gasteiger partial charge in [0.2, 0.25) is 11.8 Å². The van der Waals surface area contributed by atoms with Gasteiger partial charge in [0.05, 0.1) is 12.1 Å². The molecule has 0 aliphatic heterocycles. The number of carboxylic acid groups (broad SMARTS) is 1. The van der Waals surface area contributed by atoms with Gasteiger partial charge in [-0.3, -0.25) is 14.6 Å². The first-order chi connectivity index (χ1) is 11.6. The minimum absolute atomic E-state index is 0.157. The lowest BCUT2D eigenvalue weighted by Gasteiger charge is -2.12. The fourth-order valence-corrected chi connectivity index (χ4v) is 2.78. The summed E-state index contributed by atoms with van der Waals surface area (Å²) in [6.45, 7) is 0. The van der Waals surface area contributed by atoms with Crippen LogP contribution >= 0.6 is 0 Å². The molecular formula is C17H17N3O4. The van der Waals surface area contributed by atoms with Gasteiger partial charge in [-0.15, -0.1) is 0 Å². The summed E-state index contributed by atoms with van der Waals surface area (Å²) in [5.74, 6) is -0.785. The second-order valence-corrected chi connectivity index (χ2v) is 5.71. The Labute approximate surface area is 138 Å². The van der Waals surface area contributed by atoms with Gasteiger partial charge >= 0.3 is 5.97 Å². The first-order valence-corrected chi connectivity index (χ1v) is 7.69. The number of carboxylic acids is 1. The molecule has 3 rings (SSSR count). The van der Waals surface area contributed by atoms with E-state index in [4.69, 9.17) is 9.84 Å². The highest BCUT2D eigenvalue weighted by Crippen LogP contribution is 2.32. The zero-order chi connectivity index (χ0) is 16.9. The van der Waals surface area contributed by atoms with E-state index >= 15 is 0 Å². The Morgan fingerprint density at radius 3 is 2.75 bits per heavy atom. The molecular weight excluding hydrogens is 310 g/mol. The third-order valence-electron chi connectivity index (χ3n) is 4.02. The minimum Gasteiger partial charge on any atom is -0.481 e. The third kappa shape index (κ3) is 3.87. The van der Waals surface area contributed by atoms with Gasteiger partial charge in [-0.1, -0.05) is 6.07 Å². The standard InChI is InChI=1S/C17H17N3O4/c21-16(11-4-5-12(8-11)17(22)23)20-13-2-1-3-14(9-13)24-15-10-18-6-7-19-15/h1-3,6-7,9-12H,4-5,8H2,(H,20,21)(H,22,23)/t11-,12+/m0/s1. The number of anilines is 1. The van der Waals surface area contributed by atoms with E-state index in [2.05, 4.69) is 15.3 Å². The third-order valence-corrected chi connectivity index (χ3v) is 4.02. The van der Waals surface area contributed by atoms with E-state index in [1.54, 1.807) is 30.5 Å². The first-order valence-electron chi connectivity index (χ1n) is 7.69. The van der Waals surface area contributed by atoms with E-state index < -0.39 is 11.9 Å². The van der Waals surface area contributed by atoms with Crippen LogP contribution in [0.1, 0.15) is 19.3 Å². The number of benzene rings is 1. The van der Waals surface area contributed by atoms with Crippen LogP contribution in [0.15, 0.2) is 42.9 Å². The van der Waals surface area contributed by atoms with E-state index in [9.17, 15) is 9.59 Å². The van der Waals surface area contributed by atoms with Crippen molar-refractivity contribution in [1.29, 1.82) is 0 Å². The molecule has 124 valence electrons. The number of nitrogens with one attached hydrogen (secondary N) is 1. The van der Waals surface area contributed by atoms with Crippen molar-refractivity contribution < 1.29 is 19.4 Å². The minimum atomic E-state index is -0.829. The highest BCUT2D eigenvalue weighted by atomic mass is 16.5. The number of ether oxygens (including phenoxy) is 1. The van der Waals surface area contributed by atoms with Crippen LogP contribution in [0.4, 0.5) is 5.69 Å². The van der Waals surface area contributed by atoms with Gasteiger partial charge in [0, 0.05) is 30.1 Å². The van der Waals surface area contributed by atoms with Crippen molar-refractivity contribution in [3.05, 3.63) is 42.9 Å². The van der Waals surface area contributed by atoms with Crippen LogP contribution < -0.4 is 10.1 Å². The zero-order valence-corrected chi connectivity index (χ0v) is 12.9. The lowest BCUT2D eigenvalue weighted by molar-refractivity contribution is -0.141. The average molecular weight is 327 g/mol. The molecule has 7 nitrogen and oxygen atoms in total. The Bertz CT molecular complexity index is 736. The number of hydrogen-bond acceptors (Lipinski definition) is 5. The van der Waals surface area contributed by atoms with Gasteiger partial charge < -0.3 is 15.2 Å². The van der Waals surface area contributed by atoms with Crippen molar-refractivity contribution in [1.82, 2.24) is 9.97 Å². The van der Waals surface area contributed by atoms with Crippen molar-refractivity contribution in [3.63, 3.8) is 0 Å². The normalized spacial score (nSPS) is 19.7. The van der Waals surface area contributed by atoms with Crippen molar-refractivity contribution >= 4 is 17.6 Å². The van der Waals surface area contributed by atoms with Crippen molar-refractivity contribution in [2.75, 3.05) is 5.32 Å². The Morgan fingerprint density at radius 1 is 1.21 bits per heavy atom. The Balaban J connectivity index is 1.62. The summed E-state index contributed by atoms with van der Waals surface area (Å²) < 4.78 is 5.57. The topological polar surface area (TPSA) is 101 Å². The number of rotatable bonds is 5. The Kier molecular flexibility index (Phi) is 4.69. The highest BCUT2D eigenvalue weighted by molar-refractivity contribution is 5.93. The van der Waals surface area contributed by atoms with Crippen LogP contribution in [0.3, 0.4) is 0 Å². The SMILES string of the molecule is O=C(O)[C@@H]1CC[C@H](C(=O)Nc2cccc(Oc3cnccn3)c2)C1. The highest BCUT2D eigenvalue weighted by Gasteiger charge is 2.33. The lowest BCUT2D eigenvalue weighted by atomic mass is 10.0. The quantitative estimate of drug-likeness (QED) is 0.875. The maximum absolute atomic E-state index is 12.3. The van der Waals surface area contributed by atoms with Gasteiger partial charge in [-0.2, -0.15) is 0 Å². The van der Waals surface area contributed by atoms with E-state index in [0.29, 0.717) is 36.6 Å². The molecule has 0 bridgehead atoms. The van der Waals surface area contributed by atoms with Gasteiger partial charge in [0.1, 0.15) is 5.75 Å². The van der Waals surface area contributed by atoms with E-state index in [1.807, 2.05) is 0 Å². The van der Waals surface area contributed by atoms with Crippen LogP contribution in [0.5, 0.6) is 11.6 Å². The molecule has 1 aliphatic carbocycles. The molecule has 0 radical (unpaired) electrons. The maximum Gasteiger partial charge on any atom is 0.306 e. The molecule has 2 N–H and O–H groups in total. The average Bonchev–Trinajstić information content (AvgIpc) is 3.06. The molecule has 0 spiro atoms.